The molecule has 0 aromatic carbocycles. The fraction of sp³-hybridized carbons (Fsp3) is 0.889. The third-order valence-corrected chi connectivity index (χ3v) is 1.40. The van der Waals surface area contributed by atoms with Gasteiger partial charge in [0.1, 0.15) is 0 Å². The van der Waals surface area contributed by atoms with Crippen LogP contribution in [0.4, 0.5) is 0 Å². The van der Waals surface area contributed by atoms with E-state index in [9.17, 15) is 0 Å². The first-order valence-corrected chi connectivity index (χ1v) is 4.27. The lowest BCUT2D eigenvalue weighted by Gasteiger charge is -2.27. The van der Waals surface area contributed by atoms with Gasteiger partial charge < -0.3 is 0 Å². The van der Waals surface area contributed by atoms with E-state index in [1.54, 1.807) is 0 Å². The molecule has 0 atom stereocenters. The number of rotatable bonds is 2. The number of hydrogen-bond donors (Lipinski definition) is 0. The van der Waals surface area contributed by atoms with E-state index < -0.39 is 0 Å². The molecule has 11 heavy (non-hydrogen) atoms. The molecular formula is C9H17NS. The van der Waals surface area contributed by atoms with E-state index in [-0.39, 0.29) is 5.54 Å². The Bertz CT molecular complexity index is 170. The van der Waals surface area contributed by atoms with Crippen LogP contribution in [0.3, 0.4) is 0 Å². The summed E-state index contributed by atoms with van der Waals surface area (Å²) in [4.78, 5) is 4.11. The zero-order valence-corrected chi connectivity index (χ0v) is 8.88. The second kappa shape index (κ2) is 3.46. The summed E-state index contributed by atoms with van der Waals surface area (Å²) >= 11 is 4.57. The molecule has 0 amide bonds. The van der Waals surface area contributed by atoms with Gasteiger partial charge in [0.25, 0.3) is 0 Å². The predicted octanol–water partition coefficient (Wildman–Crippen LogP) is 3.30. The third kappa shape index (κ3) is 6.21. The van der Waals surface area contributed by atoms with Gasteiger partial charge in [-0.3, -0.25) is 0 Å². The predicted molar refractivity (Wildman–Crippen MR) is 53.2 cm³/mol. The third-order valence-electron chi connectivity index (χ3n) is 1.31. The molecule has 0 radical (unpaired) electrons. The minimum Gasteiger partial charge on any atom is -0.226 e. The number of thiocarbonyl (C=S) groups is 1. The molecule has 0 saturated carbocycles. The first-order chi connectivity index (χ1) is 4.77. The van der Waals surface area contributed by atoms with Gasteiger partial charge in [0.2, 0.25) is 0 Å². The van der Waals surface area contributed by atoms with Crippen molar-refractivity contribution in [2.24, 2.45) is 10.4 Å². The Labute approximate surface area is 74.9 Å². The Balaban J connectivity index is 4.24. The molecule has 0 aromatic rings. The molecule has 0 unspecified atom stereocenters. The van der Waals surface area contributed by atoms with Crippen molar-refractivity contribution in [3.63, 3.8) is 0 Å². The number of nitrogens with zero attached hydrogens (tertiary/aromatic N) is 1. The Morgan fingerprint density at radius 2 is 1.64 bits per heavy atom. The molecule has 0 fully saturated rings. The maximum Gasteiger partial charge on any atom is 0.0660 e. The fourth-order valence-electron chi connectivity index (χ4n) is 1.46. The highest BCUT2D eigenvalue weighted by molar-refractivity contribution is 7.78. The van der Waals surface area contributed by atoms with Crippen LogP contribution in [0.1, 0.15) is 41.0 Å². The van der Waals surface area contributed by atoms with E-state index in [4.69, 9.17) is 0 Å². The van der Waals surface area contributed by atoms with E-state index in [1.165, 1.54) is 0 Å². The van der Waals surface area contributed by atoms with E-state index >= 15 is 0 Å². The minimum absolute atomic E-state index is 0.0556. The van der Waals surface area contributed by atoms with Crippen molar-refractivity contribution in [3.8, 4) is 0 Å². The van der Waals surface area contributed by atoms with Crippen molar-refractivity contribution >= 4 is 17.4 Å². The Kier molecular flexibility index (Phi) is 3.40. The molecule has 0 saturated heterocycles. The van der Waals surface area contributed by atoms with Gasteiger partial charge in [-0.2, -0.15) is 0 Å². The van der Waals surface area contributed by atoms with E-state index in [0.29, 0.717) is 5.41 Å². The fourth-order valence-corrected chi connectivity index (χ4v) is 1.71. The summed E-state index contributed by atoms with van der Waals surface area (Å²) in [7, 11) is 0. The van der Waals surface area contributed by atoms with Crippen LogP contribution in [0.5, 0.6) is 0 Å². The summed E-state index contributed by atoms with van der Waals surface area (Å²) in [6, 6.07) is 0. The molecular weight excluding hydrogens is 154 g/mol. The number of aliphatic imine (C=N–C) groups is 1. The van der Waals surface area contributed by atoms with Gasteiger partial charge in [0.05, 0.1) is 10.7 Å². The molecule has 0 aliphatic rings. The first kappa shape index (κ1) is 10.8. The van der Waals surface area contributed by atoms with Crippen LogP contribution in [0.2, 0.25) is 0 Å². The van der Waals surface area contributed by atoms with Crippen molar-refractivity contribution in [3.05, 3.63) is 0 Å². The maximum absolute atomic E-state index is 4.57. The largest absolute Gasteiger partial charge is 0.226 e. The molecule has 64 valence electrons. The van der Waals surface area contributed by atoms with Crippen molar-refractivity contribution in [1.29, 1.82) is 0 Å². The van der Waals surface area contributed by atoms with Crippen LogP contribution < -0.4 is 0 Å². The molecule has 0 rings (SSSR count). The van der Waals surface area contributed by atoms with Gasteiger partial charge >= 0.3 is 0 Å². The van der Waals surface area contributed by atoms with Crippen LogP contribution in [-0.2, 0) is 0 Å². The van der Waals surface area contributed by atoms with Crippen molar-refractivity contribution < 1.29 is 0 Å². The highest BCUT2D eigenvalue weighted by atomic mass is 32.1. The van der Waals surface area contributed by atoms with Crippen LogP contribution >= 0.6 is 12.2 Å². The zero-order chi connectivity index (χ0) is 9.12. The Hall–Kier alpha value is -0.200. The molecule has 1 nitrogen and oxygen atoms in total. The van der Waals surface area contributed by atoms with Crippen LogP contribution in [0, 0.1) is 5.41 Å². The lowest BCUT2D eigenvalue weighted by atomic mass is 9.82. The second-order valence-corrected chi connectivity index (χ2v) is 4.94. The number of isothiocyanates is 1. The molecule has 2 heteroatoms. The average Bonchev–Trinajstić information content (AvgIpc) is 1.55. The molecule has 0 spiro atoms. The van der Waals surface area contributed by atoms with Gasteiger partial charge in [0, 0.05) is 0 Å². The van der Waals surface area contributed by atoms with E-state index in [2.05, 4.69) is 57.0 Å². The monoisotopic (exact) mass is 171 g/mol. The SMILES string of the molecule is CC(C)(C)CC(C)(C)N=C=S. The zero-order valence-electron chi connectivity index (χ0n) is 8.06. The standard InChI is InChI=1S/C9H17NS/c1-8(2,3)6-9(4,5)10-7-11/h6H2,1-5H3. The van der Waals surface area contributed by atoms with Crippen LogP contribution in [0.15, 0.2) is 4.99 Å². The quantitative estimate of drug-likeness (QED) is 0.458. The lowest BCUT2D eigenvalue weighted by molar-refractivity contribution is 0.289. The van der Waals surface area contributed by atoms with Gasteiger partial charge in [-0.15, -0.1) is 0 Å². The average molecular weight is 171 g/mol. The first-order valence-electron chi connectivity index (χ1n) is 3.86. The normalized spacial score (nSPS) is 12.5. The summed E-state index contributed by atoms with van der Waals surface area (Å²) in [5.74, 6) is 0. The van der Waals surface area contributed by atoms with Gasteiger partial charge in [-0.1, -0.05) is 20.8 Å². The molecule has 0 bridgehead atoms. The van der Waals surface area contributed by atoms with Gasteiger partial charge in [0.15, 0.2) is 0 Å². The van der Waals surface area contributed by atoms with Crippen molar-refractivity contribution in [2.45, 2.75) is 46.6 Å². The van der Waals surface area contributed by atoms with Crippen LogP contribution in [-0.4, -0.2) is 10.7 Å². The molecule has 0 aromatic heterocycles. The van der Waals surface area contributed by atoms with Crippen molar-refractivity contribution in [2.75, 3.05) is 0 Å². The maximum atomic E-state index is 4.57. The minimum atomic E-state index is -0.0556. The topological polar surface area (TPSA) is 12.4 Å². The van der Waals surface area contributed by atoms with Gasteiger partial charge in [-0.25, -0.2) is 4.99 Å². The summed E-state index contributed by atoms with van der Waals surface area (Å²) in [6.45, 7) is 10.8. The Morgan fingerprint density at radius 1 is 1.18 bits per heavy atom. The highest BCUT2D eigenvalue weighted by Gasteiger charge is 2.24. The Morgan fingerprint density at radius 3 is 1.91 bits per heavy atom. The summed E-state index contributed by atoms with van der Waals surface area (Å²) in [6.07, 6.45) is 1.03. The lowest BCUT2D eigenvalue weighted by Crippen LogP contribution is -2.24. The highest BCUT2D eigenvalue weighted by Crippen LogP contribution is 2.28. The number of hydrogen-bond acceptors (Lipinski definition) is 2. The van der Waals surface area contributed by atoms with Crippen molar-refractivity contribution in [1.82, 2.24) is 0 Å². The van der Waals surface area contributed by atoms with E-state index in [0.717, 1.165) is 6.42 Å². The summed E-state index contributed by atoms with van der Waals surface area (Å²) in [5.41, 5.74) is 0.249. The molecule has 0 aliphatic heterocycles. The second-order valence-electron chi connectivity index (χ2n) is 4.75. The van der Waals surface area contributed by atoms with E-state index in [1.807, 2.05) is 0 Å². The molecule has 0 aliphatic carbocycles. The molecule has 0 N–H and O–H groups in total. The smallest absolute Gasteiger partial charge is 0.0660 e. The molecule has 0 heterocycles. The summed E-state index contributed by atoms with van der Waals surface area (Å²) in [5, 5.41) is 2.44. The van der Waals surface area contributed by atoms with Gasteiger partial charge in [-0.05, 0) is 37.9 Å². The van der Waals surface area contributed by atoms with Crippen LogP contribution in [0.25, 0.3) is 0 Å². The summed E-state index contributed by atoms with van der Waals surface area (Å²) < 4.78 is 0.